The van der Waals surface area contributed by atoms with E-state index in [2.05, 4.69) is 109 Å². The number of nitrogens with zero attached hydrogens (tertiary/aromatic N) is 1. The zero-order valence-corrected chi connectivity index (χ0v) is 38.2. The molecule has 62 heavy (non-hydrogen) atoms. The van der Waals surface area contributed by atoms with Gasteiger partial charge in [-0.15, -0.1) is 0 Å². The Labute approximate surface area is 372 Å². The Morgan fingerprint density at radius 1 is 0.597 bits per heavy atom. The minimum Gasteiger partial charge on any atom is -0.297 e. The van der Waals surface area contributed by atoms with E-state index in [-0.39, 0.29) is 10.8 Å². The molecule has 1 aromatic carbocycles. The lowest BCUT2D eigenvalue weighted by molar-refractivity contribution is -0.136. The van der Waals surface area contributed by atoms with Gasteiger partial charge in [0, 0.05) is 41.2 Å². The van der Waals surface area contributed by atoms with Gasteiger partial charge in [0.05, 0.1) is 0 Å². The molecule has 1 nitrogen and oxygen atoms in total. The summed E-state index contributed by atoms with van der Waals surface area (Å²) in [7, 11) is 2.64. The normalized spacial score (nSPS) is 57.4. The van der Waals surface area contributed by atoms with Gasteiger partial charge in [-0.1, -0.05) is 149 Å². The van der Waals surface area contributed by atoms with Crippen molar-refractivity contribution in [3.05, 3.63) is 104 Å². The minimum atomic E-state index is 0.214. The second-order valence-corrected chi connectivity index (χ2v) is 26.3. The predicted octanol–water partition coefficient (Wildman–Crippen LogP) is 13.0. The lowest BCUT2D eigenvalue weighted by Crippen LogP contribution is -2.61. The van der Waals surface area contributed by atoms with E-state index in [1.807, 2.05) is 16.7 Å². The molecule has 10 saturated carbocycles. The molecule has 17 aliphatic rings. The molecule has 25 unspecified atom stereocenters. The fourth-order valence-electron chi connectivity index (χ4n) is 26.1. The molecule has 0 N–H and O–H groups in total. The second-order valence-electron chi connectivity index (χ2n) is 26.3. The van der Waals surface area contributed by atoms with Crippen molar-refractivity contribution in [1.82, 2.24) is 4.90 Å². The van der Waals surface area contributed by atoms with Gasteiger partial charge >= 0.3 is 0 Å². The summed E-state index contributed by atoms with van der Waals surface area (Å²) in [6.45, 7) is 9.32. The van der Waals surface area contributed by atoms with Crippen molar-refractivity contribution in [2.24, 2.45) is 141 Å². The minimum absolute atomic E-state index is 0.214. The average Bonchev–Trinajstić information content (AvgIpc) is 4.16. The van der Waals surface area contributed by atoms with Crippen LogP contribution in [0.25, 0.3) is 0 Å². The number of hydrogen-bond donors (Lipinski definition) is 0. The monoisotopic (exact) mass is 818 g/mol. The van der Waals surface area contributed by atoms with Crippen LogP contribution in [0.15, 0.2) is 93.2 Å². The molecule has 320 valence electrons. The summed E-state index contributed by atoms with van der Waals surface area (Å²) < 4.78 is 0. The highest BCUT2D eigenvalue weighted by atomic mass is 15.2. The summed E-state index contributed by atoms with van der Waals surface area (Å²) in [5.41, 5.74) is 20.4. The topological polar surface area (TPSA) is 3.24 Å². The Morgan fingerprint density at radius 3 is 2.13 bits per heavy atom. The first-order valence-corrected chi connectivity index (χ1v) is 27.7. The molecule has 25 atom stereocenters. The molecule has 11 fully saturated rings. The van der Waals surface area contributed by atoms with E-state index in [4.69, 9.17) is 0 Å². The van der Waals surface area contributed by atoms with Gasteiger partial charge in [0.15, 0.2) is 0 Å². The van der Waals surface area contributed by atoms with Gasteiger partial charge in [0.2, 0.25) is 0 Å². The first-order valence-electron chi connectivity index (χ1n) is 27.7. The van der Waals surface area contributed by atoms with Crippen LogP contribution in [0.1, 0.15) is 115 Å². The molecule has 16 aliphatic carbocycles. The number of benzene rings is 1. The Balaban J connectivity index is 0.818. The summed E-state index contributed by atoms with van der Waals surface area (Å²) in [6, 6.07) is 11.2. The molecule has 1 saturated heterocycles. The Hall–Kier alpha value is -2.38. The van der Waals surface area contributed by atoms with E-state index >= 15 is 0 Å². The predicted molar refractivity (Wildman–Crippen MR) is 246 cm³/mol. The number of allylic oxidation sites excluding steroid dienone is 9. The van der Waals surface area contributed by atoms with Gasteiger partial charge in [0.25, 0.3) is 0 Å². The Kier molecular flexibility index (Phi) is 6.14. The van der Waals surface area contributed by atoms with E-state index in [1.165, 1.54) is 77.2 Å². The van der Waals surface area contributed by atoms with Crippen molar-refractivity contribution >= 4 is 0 Å². The molecule has 1 aromatic rings. The number of likely N-dealkylation sites (tertiary alicyclic amines) is 1. The van der Waals surface area contributed by atoms with Crippen LogP contribution in [-0.4, -0.2) is 18.5 Å². The first-order chi connectivity index (χ1) is 30.6. The standard InChI is InChI=1S/C61H71N/c1-5-6-7-8-9-10-11-12-13-14-15-29-16-18-30(19-17-29)59-61-56-28(3)55-36-25-23-34-32-21-20-31-33-22-24-35-37-27(2)38(56)52-45(37)48-43(35)41(33)46-39(31)40(32)47-42(34)44(36)57(60(55,61)26-62(59)4)53-50(47)49(46)51(48)54(53)58(52)61/h16-21,23,25,27-28,31-35,37,39-43,45-46,48-49,51-54,58-59H,5-15,22,24,26H2,1-4H3. The maximum absolute atomic E-state index is 3.04. The van der Waals surface area contributed by atoms with E-state index in [9.17, 15) is 0 Å². The molecule has 18 rings (SSSR count). The van der Waals surface area contributed by atoms with Crippen molar-refractivity contribution in [2.45, 2.75) is 110 Å². The summed E-state index contributed by atoms with van der Waals surface area (Å²) in [6.07, 6.45) is 30.3. The van der Waals surface area contributed by atoms with Gasteiger partial charge in [-0.05, 0) is 179 Å². The molecule has 0 radical (unpaired) electrons. The van der Waals surface area contributed by atoms with Gasteiger partial charge in [-0.3, -0.25) is 4.90 Å². The summed E-state index contributed by atoms with van der Waals surface area (Å²) in [4.78, 5) is 3.04. The van der Waals surface area contributed by atoms with E-state index in [0.29, 0.717) is 17.9 Å². The summed E-state index contributed by atoms with van der Waals surface area (Å²) >= 11 is 0. The van der Waals surface area contributed by atoms with Gasteiger partial charge in [-0.2, -0.15) is 0 Å². The Bertz CT molecular complexity index is 2520. The van der Waals surface area contributed by atoms with Crippen LogP contribution in [0.2, 0.25) is 0 Å². The van der Waals surface area contributed by atoms with Crippen LogP contribution in [-0.2, 0) is 6.42 Å². The van der Waals surface area contributed by atoms with Crippen LogP contribution >= 0.6 is 0 Å². The third-order valence-corrected chi connectivity index (χ3v) is 25.8. The van der Waals surface area contributed by atoms with Crippen molar-refractivity contribution < 1.29 is 0 Å². The highest BCUT2D eigenvalue weighted by Crippen LogP contribution is 2.97. The van der Waals surface area contributed by atoms with Crippen molar-refractivity contribution in [2.75, 3.05) is 13.6 Å². The molecular weight excluding hydrogens is 747 g/mol. The van der Waals surface area contributed by atoms with Crippen LogP contribution < -0.4 is 0 Å². The quantitative estimate of drug-likeness (QED) is 0.150. The zero-order chi connectivity index (χ0) is 40.2. The van der Waals surface area contributed by atoms with Gasteiger partial charge in [0.1, 0.15) is 0 Å². The maximum atomic E-state index is 3.04. The number of unbranched alkanes of at least 4 members (excludes halogenated alkanes) is 9. The molecule has 0 bridgehead atoms. The van der Waals surface area contributed by atoms with Crippen molar-refractivity contribution in [3.8, 4) is 0 Å². The number of aryl methyl sites for hydroxylation is 1. The smallest absolute Gasteiger partial charge is 0.0454 e. The molecule has 1 aliphatic heterocycles. The molecular formula is C61H71N. The summed E-state index contributed by atoms with van der Waals surface area (Å²) in [5.74, 6) is 20.0. The third kappa shape index (κ3) is 3.14. The van der Waals surface area contributed by atoms with Crippen LogP contribution in [0, 0.1) is 141 Å². The fourth-order valence-corrected chi connectivity index (χ4v) is 26.1. The lowest BCUT2D eigenvalue weighted by Gasteiger charge is -2.63. The number of rotatable bonds is 12. The molecule has 0 amide bonds. The number of hydrogen-bond acceptors (Lipinski definition) is 1. The van der Waals surface area contributed by atoms with E-state index in [0.717, 1.165) is 118 Å². The van der Waals surface area contributed by atoms with E-state index in [1.54, 1.807) is 24.0 Å². The first kappa shape index (κ1) is 34.9. The molecule has 2 spiro atoms. The van der Waals surface area contributed by atoms with Crippen LogP contribution in [0.5, 0.6) is 0 Å². The highest BCUT2D eigenvalue weighted by molar-refractivity contribution is 5.79. The largest absolute Gasteiger partial charge is 0.297 e. The van der Waals surface area contributed by atoms with Crippen LogP contribution in [0.4, 0.5) is 0 Å². The molecule has 1 heterocycles. The fraction of sp³-hybridized carbons (Fsp3) is 0.705. The van der Waals surface area contributed by atoms with Gasteiger partial charge in [-0.25, -0.2) is 0 Å². The average molecular weight is 818 g/mol. The highest BCUT2D eigenvalue weighted by Gasteiger charge is 2.92. The van der Waals surface area contributed by atoms with Crippen LogP contribution in [0.3, 0.4) is 0 Å². The van der Waals surface area contributed by atoms with Crippen molar-refractivity contribution in [3.63, 3.8) is 0 Å². The Morgan fingerprint density at radius 2 is 1.31 bits per heavy atom. The van der Waals surface area contributed by atoms with E-state index < -0.39 is 0 Å². The second kappa shape index (κ2) is 10.9. The number of fused-ring (bicyclic) bond motifs is 3. The SMILES string of the molecule is CCCCCCCCCCCCc1ccc(C2N(C)CC34C5=C6C=CC7C8C6=C3C3C6=C8C8C7C=CC7C9CCC%10C%11C(C)C%12=C(C5C)C24C2C%12C%11C4C%10C9C(C6C4C32)C78)cc1. The maximum Gasteiger partial charge on any atom is 0.0454 e. The molecule has 1 heteroatoms. The third-order valence-electron chi connectivity index (χ3n) is 25.8. The zero-order valence-electron chi connectivity index (χ0n) is 38.2. The van der Waals surface area contributed by atoms with Gasteiger partial charge < -0.3 is 0 Å². The lowest BCUT2D eigenvalue weighted by atomic mass is 9.39. The van der Waals surface area contributed by atoms with Crippen molar-refractivity contribution in [1.29, 1.82) is 0 Å². The summed E-state index contributed by atoms with van der Waals surface area (Å²) in [5, 5.41) is 0. The molecule has 0 aromatic heterocycles.